The third kappa shape index (κ3) is 2.51. The van der Waals surface area contributed by atoms with Crippen molar-refractivity contribution in [3.05, 3.63) is 17.7 Å². The van der Waals surface area contributed by atoms with Crippen LogP contribution in [0.3, 0.4) is 0 Å². The Morgan fingerprint density at radius 3 is 2.35 bits per heavy atom. The van der Waals surface area contributed by atoms with Crippen LogP contribution in [0.4, 0.5) is 0 Å². The van der Waals surface area contributed by atoms with E-state index in [1.165, 1.54) is 7.11 Å². The van der Waals surface area contributed by atoms with E-state index in [-0.39, 0.29) is 6.42 Å². The highest BCUT2D eigenvalue weighted by molar-refractivity contribution is 6.61. The highest BCUT2D eigenvalue weighted by Gasteiger charge is 2.52. The van der Waals surface area contributed by atoms with Crippen LogP contribution in [0.15, 0.2) is 12.1 Å². The van der Waals surface area contributed by atoms with Crippen molar-refractivity contribution < 1.29 is 14.0 Å². The molecule has 20 heavy (non-hydrogen) atoms. The Balaban J connectivity index is 2.30. The van der Waals surface area contributed by atoms with Crippen LogP contribution in [0.1, 0.15) is 33.3 Å². The van der Waals surface area contributed by atoms with Crippen molar-refractivity contribution in [3.63, 3.8) is 0 Å². The topological polar surface area (TPSA) is 64.4 Å². The molecule has 1 aliphatic rings. The summed E-state index contributed by atoms with van der Waals surface area (Å²) in [6.45, 7) is 7.98. The van der Waals surface area contributed by atoms with Crippen molar-refractivity contribution in [1.82, 2.24) is 4.98 Å². The maximum Gasteiger partial charge on any atom is 0.514 e. The number of hydrogen-bond donors (Lipinski definition) is 0. The Bertz CT molecular complexity index is 536. The van der Waals surface area contributed by atoms with Crippen molar-refractivity contribution in [1.29, 1.82) is 5.26 Å². The monoisotopic (exact) mass is 274 g/mol. The molecule has 0 aliphatic carbocycles. The summed E-state index contributed by atoms with van der Waals surface area (Å²) >= 11 is 0. The predicted octanol–water partition coefficient (Wildman–Crippen LogP) is 1.46. The van der Waals surface area contributed by atoms with E-state index in [2.05, 4.69) is 11.1 Å². The van der Waals surface area contributed by atoms with Gasteiger partial charge in [-0.1, -0.05) is 6.07 Å². The number of pyridine rings is 1. The zero-order valence-corrected chi connectivity index (χ0v) is 12.6. The zero-order valence-electron chi connectivity index (χ0n) is 12.6. The normalized spacial score (nSPS) is 19.7. The van der Waals surface area contributed by atoms with Gasteiger partial charge in [0.15, 0.2) is 0 Å². The minimum atomic E-state index is -0.523. The maximum absolute atomic E-state index is 8.78. The minimum absolute atomic E-state index is 0.264. The van der Waals surface area contributed by atoms with Crippen LogP contribution in [-0.2, 0) is 15.7 Å². The van der Waals surface area contributed by atoms with Gasteiger partial charge in [-0.15, -0.1) is 0 Å². The first kappa shape index (κ1) is 14.8. The van der Waals surface area contributed by atoms with E-state index in [1.807, 2.05) is 39.8 Å². The highest BCUT2D eigenvalue weighted by Crippen LogP contribution is 2.36. The highest BCUT2D eigenvalue weighted by atomic mass is 16.7. The van der Waals surface area contributed by atoms with Gasteiger partial charge < -0.3 is 14.0 Å². The standard InChI is InChI=1S/C14H19BN2O3/c1-13(2)14(3,4)20-15(19-13)11-7-6-10(8-9-16)12(17-11)18-5/h6-7H,8H2,1-5H3. The Morgan fingerprint density at radius 1 is 1.25 bits per heavy atom. The number of hydrogen-bond acceptors (Lipinski definition) is 5. The van der Waals surface area contributed by atoms with E-state index < -0.39 is 18.3 Å². The smallest absolute Gasteiger partial charge is 0.481 e. The zero-order chi connectivity index (χ0) is 15.0. The fraction of sp³-hybridized carbons (Fsp3) is 0.571. The molecule has 2 heterocycles. The third-order valence-corrected chi connectivity index (χ3v) is 3.92. The summed E-state index contributed by atoms with van der Waals surface area (Å²) in [5, 5.41) is 8.78. The molecule has 0 spiro atoms. The number of ether oxygens (including phenoxy) is 1. The molecule has 0 saturated carbocycles. The molecule has 1 aliphatic heterocycles. The fourth-order valence-electron chi connectivity index (χ4n) is 1.98. The Hall–Kier alpha value is -1.58. The summed E-state index contributed by atoms with van der Waals surface area (Å²) < 4.78 is 17.1. The molecule has 1 saturated heterocycles. The molecule has 1 fully saturated rings. The number of aromatic nitrogens is 1. The summed E-state index contributed by atoms with van der Waals surface area (Å²) in [6, 6.07) is 5.74. The summed E-state index contributed by atoms with van der Waals surface area (Å²) in [5.41, 5.74) is 0.605. The molecule has 1 aromatic heterocycles. The second-order valence-corrected chi connectivity index (χ2v) is 5.83. The van der Waals surface area contributed by atoms with Crippen LogP contribution in [0, 0.1) is 11.3 Å². The fourth-order valence-corrected chi connectivity index (χ4v) is 1.98. The number of nitriles is 1. The number of methoxy groups -OCH3 is 1. The van der Waals surface area contributed by atoms with Gasteiger partial charge in [0.1, 0.15) is 0 Å². The number of nitrogens with zero attached hydrogens (tertiary/aromatic N) is 2. The lowest BCUT2D eigenvalue weighted by Gasteiger charge is -2.32. The average molecular weight is 274 g/mol. The van der Waals surface area contributed by atoms with Gasteiger partial charge in [-0.3, -0.25) is 0 Å². The van der Waals surface area contributed by atoms with Gasteiger partial charge in [-0.2, -0.15) is 5.26 Å². The van der Waals surface area contributed by atoms with Crippen molar-refractivity contribution in [3.8, 4) is 11.9 Å². The lowest BCUT2D eigenvalue weighted by Crippen LogP contribution is -2.41. The van der Waals surface area contributed by atoms with Gasteiger partial charge in [0.05, 0.1) is 36.4 Å². The molecule has 0 radical (unpaired) electrons. The third-order valence-electron chi connectivity index (χ3n) is 3.92. The van der Waals surface area contributed by atoms with Gasteiger partial charge in [0, 0.05) is 5.56 Å². The lowest BCUT2D eigenvalue weighted by atomic mass is 9.84. The molecule has 0 aromatic carbocycles. The second-order valence-electron chi connectivity index (χ2n) is 5.83. The van der Waals surface area contributed by atoms with Crippen LogP contribution < -0.4 is 10.3 Å². The summed E-state index contributed by atoms with van der Waals surface area (Å²) in [5.74, 6) is 0.443. The van der Waals surface area contributed by atoms with Crippen LogP contribution in [0.25, 0.3) is 0 Å². The molecule has 0 amide bonds. The molecule has 0 atom stereocenters. The summed E-state index contributed by atoms with van der Waals surface area (Å²) in [7, 11) is 1.02. The molecule has 5 nitrogen and oxygen atoms in total. The van der Waals surface area contributed by atoms with Gasteiger partial charge in [0.25, 0.3) is 0 Å². The lowest BCUT2D eigenvalue weighted by molar-refractivity contribution is 0.00578. The first-order valence-electron chi connectivity index (χ1n) is 6.57. The SMILES string of the molecule is COc1nc(B2OC(C)(C)C(C)(C)O2)ccc1CC#N. The number of rotatable bonds is 3. The van der Waals surface area contributed by atoms with Gasteiger partial charge in [-0.05, 0) is 33.8 Å². The van der Waals surface area contributed by atoms with E-state index in [0.29, 0.717) is 11.5 Å². The largest absolute Gasteiger partial charge is 0.514 e. The first-order chi connectivity index (χ1) is 9.30. The van der Waals surface area contributed by atoms with Crippen LogP contribution in [-0.4, -0.2) is 30.4 Å². The minimum Gasteiger partial charge on any atom is -0.481 e. The molecule has 106 valence electrons. The molecule has 1 aromatic rings. The summed E-state index contributed by atoms with van der Waals surface area (Å²) in [6.07, 6.45) is 0.264. The van der Waals surface area contributed by atoms with E-state index in [1.54, 1.807) is 0 Å². The van der Waals surface area contributed by atoms with Gasteiger partial charge in [0.2, 0.25) is 5.88 Å². The van der Waals surface area contributed by atoms with Crippen LogP contribution >= 0.6 is 0 Å². The second kappa shape index (κ2) is 5.08. The first-order valence-corrected chi connectivity index (χ1v) is 6.57. The van der Waals surface area contributed by atoms with Crippen molar-refractivity contribution >= 4 is 12.7 Å². The average Bonchev–Trinajstić information content (AvgIpc) is 2.59. The van der Waals surface area contributed by atoms with Crippen LogP contribution in [0.5, 0.6) is 5.88 Å². The molecular weight excluding hydrogens is 255 g/mol. The molecule has 6 heteroatoms. The molecular formula is C14H19BN2O3. The molecule has 2 rings (SSSR count). The maximum atomic E-state index is 8.78. The van der Waals surface area contributed by atoms with Crippen molar-refractivity contribution in [2.45, 2.75) is 45.3 Å². The van der Waals surface area contributed by atoms with E-state index >= 15 is 0 Å². The Kier molecular flexibility index (Phi) is 3.76. The van der Waals surface area contributed by atoms with Crippen LogP contribution in [0.2, 0.25) is 0 Å². The van der Waals surface area contributed by atoms with Crippen molar-refractivity contribution in [2.75, 3.05) is 7.11 Å². The van der Waals surface area contributed by atoms with Gasteiger partial charge in [-0.25, -0.2) is 4.98 Å². The van der Waals surface area contributed by atoms with E-state index in [4.69, 9.17) is 19.3 Å². The summed E-state index contributed by atoms with van der Waals surface area (Å²) in [4.78, 5) is 4.40. The van der Waals surface area contributed by atoms with Crippen molar-refractivity contribution in [2.24, 2.45) is 0 Å². The molecule has 0 unspecified atom stereocenters. The quantitative estimate of drug-likeness (QED) is 0.781. The molecule has 0 N–H and O–H groups in total. The van der Waals surface area contributed by atoms with E-state index in [9.17, 15) is 0 Å². The molecule has 0 bridgehead atoms. The Morgan fingerprint density at radius 2 is 1.85 bits per heavy atom. The van der Waals surface area contributed by atoms with Gasteiger partial charge >= 0.3 is 7.12 Å². The van der Waals surface area contributed by atoms with E-state index in [0.717, 1.165) is 5.56 Å². The Labute approximate surface area is 120 Å². The predicted molar refractivity (Wildman–Crippen MR) is 75.8 cm³/mol.